The number of nitro benzene ring substituents is 1. The summed E-state index contributed by atoms with van der Waals surface area (Å²) in [7, 11) is 0. The van der Waals surface area contributed by atoms with Crippen LogP contribution in [0, 0.1) is 15.9 Å². The van der Waals surface area contributed by atoms with Gasteiger partial charge < -0.3 is 5.11 Å². The molecule has 0 heterocycles. The maximum absolute atomic E-state index is 13.1. The molecule has 0 fully saturated rings. The molecule has 0 radical (unpaired) electrons. The fraction of sp³-hybridized carbons (Fsp3) is 0.500. The summed E-state index contributed by atoms with van der Waals surface area (Å²) < 4.78 is 13.1. The van der Waals surface area contributed by atoms with Crippen molar-refractivity contribution in [1.29, 1.82) is 0 Å². The van der Waals surface area contributed by atoms with Crippen LogP contribution in [0.25, 0.3) is 0 Å². The van der Waals surface area contributed by atoms with Gasteiger partial charge in [-0.1, -0.05) is 6.92 Å². The lowest BCUT2D eigenvalue weighted by atomic mass is 10.1. The SMILES string of the molecule is CCN(CCCO)Cc1cc(F)ccc1[N+](=O)[O-]. The summed E-state index contributed by atoms with van der Waals surface area (Å²) in [6.07, 6.45) is 0.594. The number of hydrogen-bond acceptors (Lipinski definition) is 4. The minimum atomic E-state index is -0.505. The molecule has 1 aromatic rings. The van der Waals surface area contributed by atoms with Gasteiger partial charge in [-0.3, -0.25) is 15.0 Å². The molecule has 0 aliphatic rings. The van der Waals surface area contributed by atoms with Crippen molar-refractivity contribution in [2.75, 3.05) is 19.7 Å². The summed E-state index contributed by atoms with van der Waals surface area (Å²) in [5.74, 6) is -0.478. The van der Waals surface area contributed by atoms with Gasteiger partial charge in [0.05, 0.1) is 4.92 Å². The van der Waals surface area contributed by atoms with E-state index in [2.05, 4.69) is 0 Å². The van der Waals surface area contributed by atoms with Gasteiger partial charge in [0.1, 0.15) is 5.82 Å². The Morgan fingerprint density at radius 2 is 2.22 bits per heavy atom. The zero-order valence-electron chi connectivity index (χ0n) is 10.3. The Hall–Kier alpha value is -1.53. The second-order valence-corrected chi connectivity index (χ2v) is 3.98. The van der Waals surface area contributed by atoms with Gasteiger partial charge in [-0.05, 0) is 25.1 Å². The van der Waals surface area contributed by atoms with Gasteiger partial charge in [0.2, 0.25) is 0 Å². The molecule has 0 saturated heterocycles. The van der Waals surface area contributed by atoms with Crippen LogP contribution in [0.4, 0.5) is 10.1 Å². The molecule has 0 aliphatic heterocycles. The summed E-state index contributed by atoms with van der Waals surface area (Å²) in [6.45, 7) is 3.61. The zero-order valence-corrected chi connectivity index (χ0v) is 10.3. The standard InChI is InChI=1S/C12H17FN2O3/c1-2-14(6-3-7-16)9-10-8-11(13)4-5-12(10)15(17)18/h4-5,8,16H,2-3,6-7,9H2,1H3. The minimum Gasteiger partial charge on any atom is -0.396 e. The molecule has 0 amide bonds. The average Bonchev–Trinajstić information content (AvgIpc) is 2.34. The van der Waals surface area contributed by atoms with E-state index in [4.69, 9.17) is 5.11 Å². The summed E-state index contributed by atoms with van der Waals surface area (Å²) in [5, 5.41) is 19.6. The molecule has 0 spiro atoms. The number of aliphatic hydroxyl groups excluding tert-OH is 1. The Morgan fingerprint density at radius 1 is 1.50 bits per heavy atom. The van der Waals surface area contributed by atoms with Crippen LogP contribution < -0.4 is 0 Å². The normalized spacial score (nSPS) is 10.9. The van der Waals surface area contributed by atoms with Gasteiger partial charge in [0, 0.05) is 31.3 Å². The van der Waals surface area contributed by atoms with Crippen molar-refractivity contribution in [2.45, 2.75) is 19.9 Å². The molecule has 0 unspecified atom stereocenters. The third-order valence-corrected chi connectivity index (χ3v) is 2.71. The lowest BCUT2D eigenvalue weighted by Crippen LogP contribution is -2.25. The van der Waals surface area contributed by atoms with E-state index in [9.17, 15) is 14.5 Å². The van der Waals surface area contributed by atoms with Gasteiger partial charge in [-0.25, -0.2) is 4.39 Å². The number of hydrogen-bond donors (Lipinski definition) is 1. The van der Waals surface area contributed by atoms with E-state index in [1.54, 1.807) is 0 Å². The van der Waals surface area contributed by atoms with E-state index in [1.807, 2.05) is 11.8 Å². The van der Waals surface area contributed by atoms with Gasteiger partial charge in [0.15, 0.2) is 0 Å². The number of aliphatic hydroxyl groups is 1. The first-order valence-corrected chi connectivity index (χ1v) is 5.84. The average molecular weight is 256 g/mol. The molecular weight excluding hydrogens is 239 g/mol. The number of rotatable bonds is 7. The van der Waals surface area contributed by atoms with Crippen LogP contribution in [0.3, 0.4) is 0 Å². The molecule has 0 bridgehead atoms. The lowest BCUT2D eigenvalue weighted by Gasteiger charge is -2.19. The first-order valence-electron chi connectivity index (χ1n) is 5.84. The second-order valence-electron chi connectivity index (χ2n) is 3.98. The van der Waals surface area contributed by atoms with Crippen LogP contribution in [-0.4, -0.2) is 34.6 Å². The first kappa shape index (κ1) is 14.5. The van der Waals surface area contributed by atoms with Gasteiger partial charge >= 0.3 is 0 Å². The molecule has 18 heavy (non-hydrogen) atoms. The number of nitrogens with zero attached hydrogens (tertiary/aromatic N) is 2. The van der Waals surface area contributed by atoms with Crippen molar-refractivity contribution in [3.05, 3.63) is 39.7 Å². The summed E-state index contributed by atoms with van der Waals surface area (Å²) in [5.41, 5.74) is 0.290. The predicted molar refractivity (Wildman–Crippen MR) is 65.7 cm³/mol. The van der Waals surface area contributed by atoms with Crippen molar-refractivity contribution in [2.24, 2.45) is 0 Å². The Morgan fingerprint density at radius 3 is 2.78 bits per heavy atom. The van der Waals surface area contributed by atoms with Crippen LogP contribution in [0.1, 0.15) is 18.9 Å². The van der Waals surface area contributed by atoms with Crippen LogP contribution >= 0.6 is 0 Å². The third kappa shape index (κ3) is 4.05. The highest BCUT2D eigenvalue weighted by atomic mass is 19.1. The molecule has 0 atom stereocenters. The van der Waals surface area contributed by atoms with Gasteiger partial charge in [-0.2, -0.15) is 0 Å². The van der Waals surface area contributed by atoms with Crippen molar-refractivity contribution in [3.8, 4) is 0 Å². The van der Waals surface area contributed by atoms with E-state index in [-0.39, 0.29) is 12.3 Å². The van der Waals surface area contributed by atoms with Gasteiger partial charge in [0.25, 0.3) is 5.69 Å². The lowest BCUT2D eigenvalue weighted by molar-refractivity contribution is -0.385. The summed E-state index contributed by atoms with van der Waals surface area (Å²) >= 11 is 0. The Kier molecular flexibility index (Phi) is 5.67. The largest absolute Gasteiger partial charge is 0.396 e. The van der Waals surface area contributed by atoms with Crippen molar-refractivity contribution >= 4 is 5.69 Å². The smallest absolute Gasteiger partial charge is 0.274 e. The molecule has 1 N–H and O–H groups in total. The fourth-order valence-electron chi connectivity index (χ4n) is 1.74. The highest BCUT2D eigenvalue weighted by Gasteiger charge is 2.16. The van der Waals surface area contributed by atoms with E-state index >= 15 is 0 Å². The van der Waals surface area contributed by atoms with E-state index < -0.39 is 10.7 Å². The van der Waals surface area contributed by atoms with Crippen molar-refractivity contribution in [1.82, 2.24) is 4.90 Å². The number of nitro groups is 1. The third-order valence-electron chi connectivity index (χ3n) is 2.71. The maximum atomic E-state index is 13.1. The van der Waals surface area contributed by atoms with E-state index in [1.165, 1.54) is 12.1 Å². The molecule has 5 nitrogen and oxygen atoms in total. The molecule has 100 valence electrons. The van der Waals surface area contributed by atoms with Crippen molar-refractivity contribution < 1.29 is 14.4 Å². The molecule has 1 rings (SSSR count). The monoisotopic (exact) mass is 256 g/mol. The quantitative estimate of drug-likeness (QED) is 0.598. The van der Waals surface area contributed by atoms with E-state index in [0.29, 0.717) is 31.6 Å². The van der Waals surface area contributed by atoms with Crippen LogP contribution in [0.2, 0.25) is 0 Å². The maximum Gasteiger partial charge on any atom is 0.274 e. The Balaban J connectivity index is 2.86. The molecule has 0 saturated carbocycles. The number of halogens is 1. The summed E-state index contributed by atoms with van der Waals surface area (Å²) in [4.78, 5) is 12.3. The van der Waals surface area contributed by atoms with Crippen molar-refractivity contribution in [3.63, 3.8) is 0 Å². The first-order chi connectivity index (χ1) is 8.58. The fourth-order valence-corrected chi connectivity index (χ4v) is 1.74. The highest BCUT2D eigenvalue weighted by Crippen LogP contribution is 2.21. The molecule has 1 aromatic carbocycles. The zero-order chi connectivity index (χ0) is 13.5. The van der Waals surface area contributed by atoms with E-state index in [0.717, 1.165) is 6.07 Å². The summed E-state index contributed by atoms with van der Waals surface area (Å²) in [6, 6.07) is 3.47. The second kappa shape index (κ2) is 7.03. The Bertz CT molecular complexity index is 412. The number of benzene rings is 1. The molecule has 6 heteroatoms. The van der Waals surface area contributed by atoms with Crippen LogP contribution in [0.15, 0.2) is 18.2 Å². The molecule has 0 aliphatic carbocycles. The van der Waals surface area contributed by atoms with Crippen LogP contribution in [0.5, 0.6) is 0 Å². The van der Waals surface area contributed by atoms with Gasteiger partial charge in [-0.15, -0.1) is 0 Å². The molecule has 0 aromatic heterocycles. The topological polar surface area (TPSA) is 66.6 Å². The Labute approximate surface area is 105 Å². The molecular formula is C12H17FN2O3. The predicted octanol–water partition coefficient (Wildman–Crippen LogP) is 1.94. The minimum absolute atomic E-state index is 0.0705. The highest BCUT2D eigenvalue weighted by molar-refractivity contribution is 5.40. The van der Waals surface area contributed by atoms with Crippen LogP contribution in [-0.2, 0) is 6.54 Å².